The number of nitrogens with zero attached hydrogens (tertiary/aromatic N) is 1. The van der Waals surface area contributed by atoms with Gasteiger partial charge in [0.05, 0.1) is 6.42 Å². The van der Waals surface area contributed by atoms with Gasteiger partial charge in [0.1, 0.15) is 8.07 Å². The molecule has 1 unspecified atom stereocenters. The number of alkyl halides is 3. The first-order valence-corrected chi connectivity index (χ1v) is 10.4. The first-order chi connectivity index (χ1) is 9.87. The molecule has 0 spiro atoms. The van der Waals surface area contributed by atoms with Crippen molar-refractivity contribution in [1.82, 2.24) is 0 Å². The Morgan fingerprint density at radius 1 is 1.09 bits per heavy atom. The van der Waals surface area contributed by atoms with Gasteiger partial charge in [0.2, 0.25) is 0 Å². The van der Waals surface area contributed by atoms with Gasteiger partial charge < -0.3 is 10.0 Å². The van der Waals surface area contributed by atoms with Crippen molar-refractivity contribution in [1.29, 1.82) is 0 Å². The molecule has 6 heteroatoms. The van der Waals surface area contributed by atoms with E-state index in [1.54, 1.807) is 31.1 Å². The van der Waals surface area contributed by atoms with Crippen LogP contribution >= 0.6 is 0 Å². The van der Waals surface area contributed by atoms with Crippen LogP contribution in [0.25, 0.3) is 0 Å². The van der Waals surface area contributed by atoms with Crippen molar-refractivity contribution in [3.8, 4) is 11.5 Å². The fourth-order valence-corrected chi connectivity index (χ4v) is 2.46. The summed E-state index contributed by atoms with van der Waals surface area (Å²) in [4.78, 5) is 1.78. The maximum Gasteiger partial charge on any atom is 0.422 e. The standard InChI is InChI=1S/C16H22F3NOSi/c1-20(2)14-9-7-13(8-10-14)15(21,16(17,18)19)11-6-12-22(3,4)5/h7-10,21H,11H2,1-5H3. The van der Waals surface area contributed by atoms with E-state index in [1.807, 2.05) is 19.6 Å². The molecule has 1 aromatic carbocycles. The molecule has 2 nitrogen and oxygen atoms in total. The summed E-state index contributed by atoms with van der Waals surface area (Å²) in [6.07, 6.45) is -5.43. The summed E-state index contributed by atoms with van der Waals surface area (Å²) in [7, 11) is 1.80. The van der Waals surface area contributed by atoms with Crippen molar-refractivity contribution in [2.75, 3.05) is 19.0 Å². The predicted octanol–water partition coefficient (Wildman–Crippen LogP) is 3.77. The van der Waals surface area contributed by atoms with Gasteiger partial charge in [0, 0.05) is 19.8 Å². The second-order valence-electron chi connectivity index (χ2n) is 6.53. The highest BCUT2D eigenvalue weighted by Crippen LogP contribution is 2.41. The number of hydrogen-bond acceptors (Lipinski definition) is 2. The van der Waals surface area contributed by atoms with Crippen LogP contribution in [0.4, 0.5) is 18.9 Å². The van der Waals surface area contributed by atoms with Crippen LogP contribution in [0.5, 0.6) is 0 Å². The SMILES string of the molecule is CN(C)c1ccc(C(O)(CC#C[Si](C)(C)C)C(F)(F)F)cc1. The average Bonchev–Trinajstić information content (AvgIpc) is 2.35. The fraction of sp³-hybridized carbons (Fsp3) is 0.500. The van der Waals surface area contributed by atoms with Gasteiger partial charge in [-0.2, -0.15) is 13.2 Å². The molecule has 0 aliphatic heterocycles. The number of anilines is 1. The summed E-state index contributed by atoms with van der Waals surface area (Å²) >= 11 is 0. The van der Waals surface area contributed by atoms with Crippen LogP contribution in [-0.4, -0.2) is 33.5 Å². The summed E-state index contributed by atoms with van der Waals surface area (Å²) in [5.74, 6) is 2.54. The molecule has 1 rings (SSSR count). The van der Waals surface area contributed by atoms with Gasteiger partial charge in [-0.05, 0) is 17.7 Å². The van der Waals surface area contributed by atoms with Gasteiger partial charge >= 0.3 is 6.18 Å². The fourth-order valence-electron chi connectivity index (χ4n) is 1.84. The molecule has 0 heterocycles. The number of hydrogen-bond donors (Lipinski definition) is 1. The van der Waals surface area contributed by atoms with Gasteiger partial charge in [-0.3, -0.25) is 0 Å². The zero-order valence-electron chi connectivity index (χ0n) is 13.5. The highest BCUT2D eigenvalue weighted by molar-refractivity contribution is 6.83. The maximum absolute atomic E-state index is 13.4. The topological polar surface area (TPSA) is 23.5 Å². The molecule has 122 valence electrons. The molecule has 0 saturated carbocycles. The number of rotatable bonds is 3. The highest BCUT2D eigenvalue weighted by atomic mass is 28.3. The second kappa shape index (κ2) is 6.35. The van der Waals surface area contributed by atoms with E-state index in [0.717, 1.165) is 5.69 Å². The van der Waals surface area contributed by atoms with Crippen molar-refractivity contribution < 1.29 is 18.3 Å². The van der Waals surface area contributed by atoms with Crippen LogP contribution in [0.2, 0.25) is 19.6 Å². The van der Waals surface area contributed by atoms with E-state index < -0.39 is 26.3 Å². The minimum Gasteiger partial charge on any atom is -0.378 e. The van der Waals surface area contributed by atoms with Crippen LogP contribution in [0.3, 0.4) is 0 Å². The van der Waals surface area contributed by atoms with E-state index in [4.69, 9.17) is 0 Å². The molecular weight excluding hydrogens is 307 g/mol. The minimum atomic E-state index is -4.78. The Labute approximate surface area is 131 Å². The Morgan fingerprint density at radius 3 is 1.95 bits per heavy atom. The quantitative estimate of drug-likeness (QED) is 0.674. The molecular formula is C16H22F3NOSi. The van der Waals surface area contributed by atoms with Gasteiger partial charge in [0.25, 0.3) is 0 Å². The molecule has 0 amide bonds. The largest absolute Gasteiger partial charge is 0.422 e. The summed E-state index contributed by atoms with van der Waals surface area (Å²) in [5, 5.41) is 10.2. The Balaban J connectivity index is 3.19. The Hall–Kier alpha value is -1.45. The van der Waals surface area contributed by atoms with Gasteiger partial charge in [-0.1, -0.05) is 31.8 Å². The molecule has 1 aromatic rings. The zero-order valence-corrected chi connectivity index (χ0v) is 14.5. The average molecular weight is 329 g/mol. The van der Waals surface area contributed by atoms with Crippen LogP contribution in [0.15, 0.2) is 24.3 Å². The van der Waals surface area contributed by atoms with E-state index in [-0.39, 0.29) is 5.56 Å². The molecule has 0 saturated heterocycles. The molecule has 0 aliphatic carbocycles. The number of aliphatic hydroxyl groups is 1. The van der Waals surface area contributed by atoms with E-state index >= 15 is 0 Å². The first-order valence-electron chi connectivity index (χ1n) is 6.94. The van der Waals surface area contributed by atoms with Gasteiger partial charge in [-0.15, -0.1) is 11.5 Å². The molecule has 22 heavy (non-hydrogen) atoms. The third-order valence-electron chi connectivity index (χ3n) is 3.14. The lowest BCUT2D eigenvalue weighted by atomic mass is 9.90. The molecule has 0 aliphatic rings. The molecule has 1 atom stereocenters. The molecule has 1 N–H and O–H groups in total. The van der Waals surface area contributed by atoms with E-state index in [0.29, 0.717) is 0 Å². The van der Waals surface area contributed by atoms with Crippen molar-refractivity contribution in [2.45, 2.75) is 37.8 Å². The third-order valence-corrected chi connectivity index (χ3v) is 4.06. The minimum absolute atomic E-state index is 0.185. The highest BCUT2D eigenvalue weighted by Gasteiger charge is 2.54. The number of halogens is 3. The molecule has 0 radical (unpaired) electrons. The van der Waals surface area contributed by atoms with Crippen LogP contribution in [0.1, 0.15) is 12.0 Å². The van der Waals surface area contributed by atoms with E-state index in [9.17, 15) is 18.3 Å². The maximum atomic E-state index is 13.4. The Kier molecular flexibility index (Phi) is 5.37. The molecule has 0 bridgehead atoms. The third kappa shape index (κ3) is 4.52. The van der Waals surface area contributed by atoms with Gasteiger partial charge in [0.15, 0.2) is 5.60 Å². The monoisotopic (exact) mass is 329 g/mol. The lowest BCUT2D eigenvalue weighted by Crippen LogP contribution is -2.42. The second-order valence-corrected chi connectivity index (χ2v) is 11.3. The smallest absolute Gasteiger partial charge is 0.378 e. The summed E-state index contributed by atoms with van der Waals surface area (Å²) < 4.78 is 40.1. The van der Waals surface area contributed by atoms with Crippen molar-refractivity contribution in [2.24, 2.45) is 0 Å². The van der Waals surface area contributed by atoms with E-state index in [1.165, 1.54) is 12.1 Å². The molecule has 0 aromatic heterocycles. The lowest BCUT2D eigenvalue weighted by Gasteiger charge is -2.29. The van der Waals surface area contributed by atoms with Crippen LogP contribution in [-0.2, 0) is 5.60 Å². The molecule has 0 fully saturated rings. The van der Waals surface area contributed by atoms with E-state index in [2.05, 4.69) is 11.5 Å². The van der Waals surface area contributed by atoms with Crippen LogP contribution < -0.4 is 4.90 Å². The summed E-state index contributed by atoms with van der Waals surface area (Å²) in [6.45, 7) is 5.83. The Bertz CT molecular complexity index is 564. The normalized spacial score (nSPS) is 14.8. The lowest BCUT2D eigenvalue weighted by molar-refractivity contribution is -0.264. The zero-order chi connectivity index (χ0) is 17.2. The van der Waals surface area contributed by atoms with Crippen LogP contribution in [0, 0.1) is 11.5 Å². The number of benzene rings is 1. The predicted molar refractivity (Wildman–Crippen MR) is 86.5 cm³/mol. The first kappa shape index (κ1) is 18.6. The van der Waals surface area contributed by atoms with Crippen molar-refractivity contribution >= 4 is 13.8 Å². The van der Waals surface area contributed by atoms with Crippen molar-refractivity contribution in [3.05, 3.63) is 29.8 Å². The van der Waals surface area contributed by atoms with Gasteiger partial charge in [-0.25, -0.2) is 0 Å². The summed E-state index contributed by atoms with van der Waals surface area (Å²) in [5.41, 5.74) is 0.510. The summed E-state index contributed by atoms with van der Waals surface area (Å²) in [6, 6.07) is 5.72. The Morgan fingerprint density at radius 2 is 1.59 bits per heavy atom. The van der Waals surface area contributed by atoms with Crippen molar-refractivity contribution in [3.63, 3.8) is 0 Å².